The van der Waals surface area contributed by atoms with Crippen LogP contribution in [0, 0.1) is 52.0 Å². The van der Waals surface area contributed by atoms with Crippen molar-refractivity contribution in [1.29, 1.82) is 0 Å². The van der Waals surface area contributed by atoms with Crippen LogP contribution in [0.1, 0.15) is 136 Å². The molecule has 5 heterocycles. The molecular formula is C105H106Ir5N5O4-5. The summed E-state index contributed by atoms with van der Waals surface area (Å²) in [6, 6.07) is 106. The molecule has 0 spiro atoms. The van der Waals surface area contributed by atoms with Gasteiger partial charge in [-0.2, -0.15) is 0 Å². The third-order valence-electron chi connectivity index (χ3n) is 18.5. The minimum Gasteiger partial charge on any atom is -0.512 e. The number of rotatable bonds is 7. The zero-order valence-electron chi connectivity index (χ0n) is 71.0. The molecule has 0 atom stereocenters. The van der Waals surface area contributed by atoms with Gasteiger partial charge in [-0.15, -0.1) is 178 Å². The summed E-state index contributed by atoms with van der Waals surface area (Å²) in [5, 5.41) is 29.8. The third-order valence-corrected chi connectivity index (χ3v) is 18.5. The van der Waals surface area contributed by atoms with E-state index >= 15 is 0 Å². The standard InChI is InChI=1S/2C19H18N.3C15H10N.2C11H20O2.5Ir/c2*1-19(2,3)17-10-8-14(9-11-17)18-12-15-6-4-5-7-16(15)13-20-18;2*1-2-6-12(7-3-1)15-10-13-8-4-5-9-14(13)11-16-15;1-2-6-12(7-3-1)15-11-10-13-8-4-5-9-14(13)16-15;2*1-10(2,3)8(12)7-9(13)11(4,5)6;;;;;/h2*4-8,10-13H,1-3H3;3*1-6,8-11H;2*7,12H,1-6H3;;;;;/q5*-1;;;;;;;. The monoisotopic (exact) mass is 2470 g/mol. The molecule has 5 aromatic heterocycles. The Hall–Kier alpha value is -9.08. The maximum atomic E-state index is 11.5. The number of carbonyl (C=O) groups excluding carboxylic acids is 2. The largest absolute Gasteiger partial charge is 0.512 e. The van der Waals surface area contributed by atoms with E-state index in [1.54, 1.807) is 0 Å². The number of para-hydroxylation sites is 1. The van der Waals surface area contributed by atoms with E-state index in [0.717, 1.165) is 61.8 Å². The molecule has 0 aliphatic carbocycles. The zero-order chi connectivity index (χ0) is 82.4. The molecule has 2 N–H and O–H groups in total. The molecule has 0 bridgehead atoms. The van der Waals surface area contributed by atoms with Crippen molar-refractivity contribution >= 4 is 65.6 Å². The van der Waals surface area contributed by atoms with Crippen LogP contribution >= 0.6 is 0 Å². The molecule has 0 saturated carbocycles. The molecule has 625 valence electrons. The van der Waals surface area contributed by atoms with Gasteiger partial charge in [-0.1, -0.05) is 276 Å². The Bertz CT molecular complexity index is 5290. The third kappa shape index (κ3) is 31.5. The first-order valence-corrected chi connectivity index (χ1v) is 38.6. The van der Waals surface area contributed by atoms with Gasteiger partial charge in [0.05, 0.1) is 5.52 Å². The summed E-state index contributed by atoms with van der Waals surface area (Å²) < 4.78 is 0. The number of ketones is 2. The summed E-state index contributed by atoms with van der Waals surface area (Å²) in [7, 11) is 0. The minimum atomic E-state index is -0.417. The zero-order valence-corrected chi connectivity index (χ0v) is 83.0. The summed E-state index contributed by atoms with van der Waals surface area (Å²) in [5.41, 5.74) is 12.5. The average molecular weight is 2460 g/mol. The van der Waals surface area contributed by atoms with Crippen molar-refractivity contribution in [1.82, 2.24) is 24.9 Å². The Kier molecular flexibility index (Phi) is 40.1. The van der Waals surface area contributed by atoms with Crippen molar-refractivity contribution in [2.45, 2.75) is 135 Å². The number of aliphatic hydroxyl groups is 2. The number of fused-ring (bicyclic) bond motifs is 5. The normalized spacial score (nSPS) is 11.3. The van der Waals surface area contributed by atoms with Crippen molar-refractivity contribution in [3.8, 4) is 56.3 Å². The smallest absolute Gasteiger partial charge is 0.164 e. The Morgan fingerprint density at radius 3 is 0.790 bits per heavy atom. The number of benzene rings is 10. The molecule has 5 radical (unpaired) electrons. The Morgan fingerprint density at radius 2 is 0.538 bits per heavy atom. The van der Waals surface area contributed by atoms with E-state index in [0.29, 0.717) is 0 Å². The molecule has 15 rings (SSSR count). The van der Waals surface area contributed by atoms with Crippen molar-refractivity contribution in [2.75, 3.05) is 0 Å². The van der Waals surface area contributed by atoms with Crippen LogP contribution in [-0.4, -0.2) is 46.7 Å². The van der Waals surface area contributed by atoms with Crippen molar-refractivity contribution in [3.05, 3.63) is 357 Å². The van der Waals surface area contributed by atoms with Gasteiger partial charge in [0, 0.05) is 159 Å². The summed E-state index contributed by atoms with van der Waals surface area (Å²) in [5.74, 6) is 0.208. The van der Waals surface area contributed by atoms with Crippen molar-refractivity contribution < 1.29 is 120 Å². The van der Waals surface area contributed by atoms with E-state index < -0.39 is 10.8 Å². The van der Waals surface area contributed by atoms with Crippen LogP contribution in [-0.2, 0) is 121 Å². The second-order valence-corrected chi connectivity index (χ2v) is 34.2. The van der Waals surface area contributed by atoms with Gasteiger partial charge in [-0.25, -0.2) is 0 Å². The fourth-order valence-corrected chi connectivity index (χ4v) is 11.0. The Labute approximate surface area is 773 Å². The number of carbonyl (C=O) groups is 2. The molecule has 10 aromatic carbocycles. The molecule has 0 amide bonds. The van der Waals surface area contributed by atoms with Gasteiger partial charge in [0.25, 0.3) is 0 Å². The molecule has 0 aliphatic heterocycles. The SMILES string of the molecule is CC(C)(C)C(=O)C=C(O)C(C)(C)C.CC(C)(C)C(=O)C=C(O)C(C)(C)C.CC(C)(C)c1c[c-]c(-c2cc3ccccc3cn2)cc1.CC(C)(C)c1c[c-]c(-c2cc3ccccc3cn2)cc1.[Ir].[Ir].[Ir].[Ir].[Ir].[c-]1ccccc1-c1cc2ccccc2cn1.[c-]1ccccc1-c1cc2ccccc2cn1.[c-]1ccccc1-c1ccc2ccccc2n1. The molecule has 9 nitrogen and oxygen atoms in total. The maximum absolute atomic E-state index is 11.5. The number of pyridine rings is 5. The first-order valence-electron chi connectivity index (χ1n) is 38.6. The Balaban J connectivity index is 0.000000292. The summed E-state index contributed by atoms with van der Waals surface area (Å²) >= 11 is 0. The molecule has 0 saturated heterocycles. The number of hydrogen-bond donors (Lipinski definition) is 2. The maximum Gasteiger partial charge on any atom is 0.164 e. The topological polar surface area (TPSA) is 139 Å². The minimum absolute atomic E-state index is 0. The number of aromatic nitrogens is 5. The predicted molar refractivity (Wildman–Crippen MR) is 477 cm³/mol. The van der Waals surface area contributed by atoms with E-state index in [9.17, 15) is 19.8 Å². The molecular weight excluding hydrogens is 2360 g/mol. The van der Waals surface area contributed by atoms with Gasteiger partial charge < -0.3 is 30.1 Å². The van der Waals surface area contributed by atoms with Gasteiger partial charge in [0.1, 0.15) is 11.5 Å². The van der Waals surface area contributed by atoms with Crippen molar-refractivity contribution in [3.63, 3.8) is 0 Å². The van der Waals surface area contributed by atoms with Crippen LogP contribution in [0.3, 0.4) is 0 Å². The summed E-state index contributed by atoms with van der Waals surface area (Å²) in [4.78, 5) is 45.6. The number of nitrogens with zero attached hydrogens (tertiary/aromatic N) is 5. The molecule has 119 heavy (non-hydrogen) atoms. The predicted octanol–water partition coefficient (Wildman–Crippen LogP) is 27.3. The molecule has 0 fully saturated rings. The van der Waals surface area contributed by atoms with Crippen LogP contribution in [0.5, 0.6) is 0 Å². The quantitative estimate of drug-likeness (QED) is 0.0907. The van der Waals surface area contributed by atoms with Gasteiger partial charge >= 0.3 is 0 Å². The van der Waals surface area contributed by atoms with Crippen LogP contribution in [0.15, 0.2) is 315 Å². The number of allylic oxidation sites excluding steroid dienone is 4. The van der Waals surface area contributed by atoms with Gasteiger partial charge in [-0.3, -0.25) is 14.6 Å². The average Bonchev–Trinajstić information content (AvgIpc) is 0.859. The van der Waals surface area contributed by atoms with E-state index in [2.05, 4.69) is 230 Å². The molecule has 0 aliphatic rings. The molecule has 0 unspecified atom stereocenters. The first kappa shape index (κ1) is 102. The van der Waals surface area contributed by atoms with Crippen LogP contribution in [0.25, 0.3) is 110 Å². The van der Waals surface area contributed by atoms with Gasteiger partial charge in [0.15, 0.2) is 11.6 Å². The van der Waals surface area contributed by atoms with Gasteiger partial charge in [0.2, 0.25) is 0 Å². The fraction of sp³-hybridized carbons (Fsp3) is 0.229. The van der Waals surface area contributed by atoms with E-state index in [1.807, 2.05) is 241 Å². The van der Waals surface area contributed by atoms with E-state index in [-0.39, 0.29) is 145 Å². The fourth-order valence-electron chi connectivity index (χ4n) is 11.0. The molecule has 15 aromatic rings. The van der Waals surface area contributed by atoms with E-state index in [1.165, 1.54) is 71.8 Å². The summed E-state index contributed by atoms with van der Waals surface area (Å²) in [6.45, 7) is 35.5. The first-order chi connectivity index (χ1) is 54.0. The second kappa shape index (κ2) is 46.6. The summed E-state index contributed by atoms with van der Waals surface area (Å²) in [6.07, 6.45) is 10.3. The number of aliphatic hydroxyl groups excluding tert-OH is 2. The van der Waals surface area contributed by atoms with Crippen LogP contribution in [0.2, 0.25) is 0 Å². The van der Waals surface area contributed by atoms with Crippen LogP contribution in [0.4, 0.5) is 0 Å². The second-order valence-electron chi connectivity index (χ2n) is 34.2. The van der Waals surface area contributed by atoms with Crippen molar-refractivity contribution in [2.24, 2.45) is 21.7 Å². The van der Waals surface area contributed by atoms with Crippen LogP contribution < -0.4 is 0 Å². The van der Waals surface area contributed by atoms with E-state index in [4.69, 9.17) is 0 Å². The molecule has 14 heteroatoms. The van der Waals surface area contributed by atoms with Gasteiger partial charge in [-0.05, 0) is 93.8 Å². The number of hydrogen-bond acceptors (Lipinski definition) is 9. The Morgan fingerprint density at radius 1 is 0.277 bits per heavy atom.